The predicted octanol–water partition coefficient (Wildman–Crippen LogP) is 2.23. The van der Waals surface area contributed by atoms with E-state index in [2.05, 4.69) is 4.72 Å². The van der Waals surface area contributed by atoms with Crippen molar-refractivity contribution in [2.24, 2.45) is 0 Å². The molecule has 0 spiro atoms. The molecule has 20 heavy (non-hydrogen) atoms. The van der Waals surface area contributed by atoms with Crippen LogP contribution in [0.5, 0.6) is 11.5 Å². The Balaban J connectivity index is 2.86. The van der Waals surface area contributed by atoms with E-state index in [4.69, 9.17) is 9.47 Å². The molecule has 1 aromatic rings. The number of rotatable bonds is 8. The molecular weight excluding hydrogens is 278 g/mol. The molecule has 0 fully saturated rings. The van der Waals surface area contributed by atoms with Crippen LogP contribution >= 0.6 is 0 Å². The summed E-state index contributed by atoms with van der Waals surface area (Å²) in [6.45, 7) is 4.08. The maximum atomic E-state index is 11.8. The summed E-state index contributed by atoms with van der Waals surface area (Å²) in [6, 6.07) is 3.64. The van der Waals surface area contributed by atoms with Gasteiger partial charge in [0.15, 0.2) is 0 Å². The minimum atomic E-state index is -3.24. The number of benzene rings is 1. The fraction of sp³-hybridized carbons (Fsp3) is 0.571. The van der Waals surface area contributed by atoms with Crippen molar-refractivity contribution in [3.63, 3.8) is 0 Å². The van der Waals surface area contributed by atoms with Gasteiger partial charge in [0.2, 0.25) is 10.0 Å². The van der Waals surface area contributed by atoms with Crippen molar-refractivity contribution in [1.29, 1.82) is 0 Å². The van der Waals surface area contributed by atoms with Gasteiger partial charge in [-0.1, -0.05) is 13.3 Å². The average Bonchev–Trinajstić information content (AvgIpc) is 2.43. The number of hydrogen-bond acceptors (Lipinski definition) is 4. The number of sulfonamides is 1. The van der Waals surface area contributed by atoms with Gasteiger partial charge in [0.25, 0.3) is 0 Å². The summed E-state index contributed by atoms with van der Waals surface area (Å²) in [5.41, 5.74) is 1.71. The molecule has 0 unspecified atom stereocenters. The Morgan fingerprint density at radius 1 is 1.15 bits per heavy atom. The molecule has 0 aromatic heterocycles. The van der Waals surface area contributed by atoms with Crippen molar-refractivity contribution in [2.75, 3.05) is 20.0 Å². The van der Waals surface area contributed by atoms with Crippen LogP contribution in [0.2, 0.25) is 0 Å². The molecule has 0 atom stereocenters. The molecule has 0 radical (unpaired) electrons. The molecule has 1 N–H and O–H groups in total. The zero-order chi connectivity index (χ0) is 15.2. The summed E-state index contributed by atoms with van der Waals surface area (Å²) in [5.74, 6) is 1.52. The van der Waals surface area contributed by atoms with Crippen LogP contribution in [-0.2, 0) is 16.6 Å². The Hall–Kier alpha value is -1.27. The number of hydrogen-bond donors (Lipinski definition) is 1. The molecule has 0 saturated carbocycles. The molecule has 6 heteroatoms. The van der Waals surface area contributed by atoms with Gasteiger partial charge in [-0.05, 0) is 31.0 Å². The molecule has 0 aliphatic rings. The lowest BCUT2D eigenvalue weighted by atomic mass is 10.1. The van der Waals surface area contributed by atoms with E-state index in [1.165, 1.54) is 0 Å². The van der Waals surface area contributed by atoms with E-state index < -0.39 is 10.0 Å². The number of ether oxygens (including phenoxy) is 2. The van der Waals surface area contributed by atoms with E-state index in [0.29, 0.717) is 17.9 Å². The topological polar surface area (TPSA) is 64.6 Å². The first kappa shape index (κ1) is 16.8. The van der Waals surface area contributed by atoms with Gasteiger partial charge >= 0.3 is 0 Å². The zero-order valence-corrected chi connectivity index (χ0v) is 13.3. The lowest BCUT2D eigenvalue weighted by molar-refractivity contribution is 0.396. The van der Waals surface area contributed by atoms with Crippen LogP contribution in [0.1, 0.15) is 30.9 Å². The standard InChI is InChI=1S/C14H23NO4S/c1-5-6-7-20(16,17)15-10-12-9-13(18-3)11(2)8-14(12)19-4/h8-9,15H,5-7,10H2,1-4H3. The summed E-state index contributed by atoms with van der Waals surface area (Å²) >= 11 is 0. The van der Waals surface area contributed by atoms with Gasteiger partial charge in [-0.2, -0.15) is 0 Å². The second kappa shape index (κ2) is 7.50. The average molecular weight is 301 g/mol. The molecule has 0 aliphatic carbocycles. The molecule has 1 aromatic carbocycles. The summed E-state index contributed by atoms with van der Waals surface area (Å²) in [6.07, 6.45) is 1.51. The molecule has 0 heterocycles. The van der Waals surface area contributed by atoms with E-state index in [-0.39, 0.29) is 12.3 Å². The first-order valence-corrected chi connectivity index (χ1v) is 8.27. The van der Waals surface area contributed by atoms with Gasteiger partial charge in [-0.25, -0.2) is 13.1 Å². The highest BCUT2D eigenvalue weighted by molar-refractivity contribution is 7.89. The third kappa shape index (κ3) is 4.68. The van der Waals surface area contributed by atoms with Crippen LogP contribution < -0.4 is 14.2 Å². The van der Waals surface area contributed by atoms with Crippen LogP contribution in [0.25, 0.3) is 0 Å². The van der Waals surface area contributed by atoms with Crippen LogP contribution in [0, 0.1) is 6.92 Å². The highest BCUT2D eigenvalue weighted by Gasteiger charge is 2.13. The maximum Gasteiger partial charge on any atom is 0.211 e. The fourth-order valence-corrected chi connectivity index (χ4v) is 3.03. The second-order valence-electron chi connectivity index (χ2n) is 4.63. The van der Waals surface area contributed by atoms with Crippen molar-refractivity contribution in [1.82, 2.24) is 4.72 Å². The van der Waals surface area contributed by atoms with Crippen LogP contribution in [0.15, 0.2) is 12.1 Å². The fourth-order valence-electron chi connectivity index (χ4n) is 1.85. The lowest BCUT2D eigenvalue weighted by Crippen LogP contribution is -2.26. The quantitative estimate of drug-likeness (QED) is 0.799. The van der Waals surface area contributed by atoms with Crippen molar-refractivity contribution in [2.45, 2.75) is 33.2 Å². The molecule has 5 nitrogen and oxygen atoms in total. The van der Waals surface area contributed by atoms with E-state index in [0.717, 1.165) is 17.5 Å². The first-order chi connectivity index (χ1) is 9.43. The number of methoxy groups -OCH3 is 2. The van der Waals surface area contributed by atoms with E-state index in [1.54, 1.807) is 20.3 Å². The van der Waals surface area contributed by atoms with Gasteiger partial charge in [0.05, 0.1) is 20.0 Å². The number of aryl methyl sites for hydroxylation is 1. The van der Waals surface area contributed by atoms with E-state index in [1.807, 2.05) is 19.9 Å². The number of nitrogens with one attached hydrogen (secondary N) is 1. The van der Waals surface area contributed by atoms with Gasteiger partial charge in [0.1, 0.15) is 11.5 Å². The first-order valence-electron chi connectivity index (χ1n) is 6.62. The smallest absolute Gasteiger partial charge is 0.211 e. The van der Waals surface area contributed by atoms with Crippen LogP contribution in [-0.4, -0.2) is 28.4 Å². The normalized spacial score (nSPS) is 11.4. The molecule has 0 aliphatic heterocycles. The van der Waals surface area contributed by atoms with Crippen LogP contribution in [0.4, 0.5) is 0 Å². The summed E-state index contributed by atoms with van der Waals surface area (Å²) < 4.78 is 36.7. The SMILES string of the molecule is CCCCS(=O)(=O)NCc1cc(OC)c(C)cc1OC. The highest BCUT2D eigenvalue weighted by atomic mass is 32.2. The zero-order valence-electron chi connectivity index (χ0n) is 12.5. The largest absolute Gasteiger partial charge is 0.496 e. The third-order valence-corrected chi connectivity index (χ3v) is 4.46. The summed E-state index contributed by atoms with van der Waals surface area (Å²) in [5, 5.41) is 0. The minimum Gasteiger partial charge on any atom is -0.496 e. The van der Waals surface area contributed by atoms with Gasteiger partial charge in [-0.15, -0.1) is 0 Å². The van der Waals surface area contributed by atoms with Crippen molar-refractivity contribution >= 4 is 10.0 Å². The summed E-state index contributed by atoms with van der Waals surface area (Å²) in [4.78, 5) is 0. The van der Waals surface area contributed by atoms with Crippen LogP contribution in [0.3, 0.4) is 0 Å². The van der Waals surface area contributed by atoms with Crippen molar-refractivity contribution < 1.29 is 17.9 Å². The Morgan fingerprint density at radius 3 is 2.35 bits per heavy atom. The maximum absolute atomic E-state index is 11.8. The Kier molecular flexibility index (Phi) is 6.29. The predicted molar refractivity (Wildman–Crippen MR) is 79.8 cm³/mol. The lowest BCUT2D eigenvalue weighted by Gasteiger charge is -2.13. The molecular formula is C14H23NO4S. The molecule has 1 rings (SSSR count). The minimum absolute atomic E-state index is 0.148. The Morgan fingerprint density at radius 2 is 1.80 bits per heavy atom. The van der Waals surface area contributed by atoms with Gasteiger partial charge < -0.3 is 9.47 Å². The molecule has 0 amide bonds. The highest BCUT2D eigenvalue weighted by Crippen LogP contribution is 2.28. The van der Waals surface area contributed by atoms with E-state index in [9.17, 15) is 8.42 Å². The monoisotopic (exact) mass is 301 g/mol. The van der Waals surface area contributed by atoms with E-state index >= 15 is 0 Å². The number of unbranched alkanes of at least 4 members (excludes halogenated alkanes) is 1. The molecule has 0 bridgehead atoms. The second-order valence-corrected chi connectivity index (χ2v) is 6.55. The molecule has 0 saturated heterocycles. The Bertz CT molecular complexity index is 540. The molecule has 114 valence electrons. The summed E-state index contributed by atoms with van der Waals surface area (Å²) in [7, 11) is -0.0899. The van der Waals surface area contributed by atoms with Gasteiger partial charge in [0, 0.05) is 12.1 Å². The Labute approximate surface area is 121 Å². The van der Waals surface area contributed by atoms with Crippen molar-refractivity contribution in [3.05, 3.63) is 23.3 Å². The van der Waals surface area contributed by atoms with Crippen molar-refractivity contribution in [3.8, 4) is 11.5 Å². The third-order valence-electron chi connectivity index (χ3n) is 3.05. The van der Waals surface area contributed by atoms with Gasteiger partial charge in [-0.3, -0.25) is 0 Å².